The van der Waals surface area contributed by atoms with Gasteiger partial charge < -0.3 is 19.0 Å². The van der Waals surface area contributed by atoms with E-state index in [1.54, 1.807) is 29.2 Å². The van der Waals surface area contributed by atoms with Gasteiger partial charge in [-0.05, 0) is 37.1 Å². The van der Waals surface area contributed by atoms with Crippen LogP contribution in [0.5, 0.6) is 5.75 Å². The molecule has 0 aliphatic carbocycles. The molecule has 0 bridgehead atoms. The summed E-state index contributed by atoms with van der Waals surface area (Å²) in [5.41, 5.74) is 1.64. The van der Waals surface area contributed by atoms with Gasteiger partial charge in [0, 0.05) is 24.4 Å². The number of H-pyrrole nitrogens is 1. The van der Waals surface area contributed by atoms with E-state index in [9.17, 15) is 9.59 Å². The molecule has 2 aromatic heterocycles. The number of piperidine rings is 1. The number of hydrogen-bond acceptors (Lipinski definition) is 5. The fourth-order valence-electron chi connectivity index (χ4n) is 4.15. The van der Waals surface area contributed by atoms with Gasteiger partial charge in [-0.15, -0.1) is 0 Å². The monoisotopic (exact) mass is 403 g/mol. The number of hydrogen-bond donors (Lipinski definition) is 1. The fourth-order valence-corrected chi connectivity index (χ4v) is 4.15. The van der Waals surface area contributed by atoms with Crippen molar-refractivity contribution < 1.29 is 13.9 Å². The zero-order valence-electron chi connectivity index (χ0n) is 16.6. The van der Waals surface area contributed by atoms with Crippen molar-refractivity contribution in [2.45, 2.75) is 18.8 Å². The highest BCUT2D eigenvalue weighted by Gasteiger charge is 2.29. The smallest absolute Gasteiger partial charge is 0.349 e. The number of likely N-dealkylation sites (tertiary alicyclic amines) is 1. The number of aromatic amines is 1. The number of nitrogens with one attached hydrogen (secondary N) is 1. The molecule has 0 radical (unpaired) electrons. The van der Waals surface area contributed by atoms with E-state index in [2.05, 4.69) is 4.98 Å². The Bertz CT molecular complexity index is 1270. The van der Waals surface area contributed by atoms with Crippen molar-refractivity contribution in [3.05, 3.63) is 70.3 Å². The first-order chi connectivity index (χ1) is 14.6. The van der Waals surface area contributed by atoms with Crippen molar-refractivity contribution in [1.29, 1.82) is 0 Å². The number of benzene rings is 2. The molecule has 1 amide bonds. The average molecular weight is 403 g/mol. The Balaban J connectivity index is 1.44. The van der Waals surface area contributed by atoms with Gasteiger partial charge in [0.05, 0.1) is 18.1 Å². The molecule has 7 nitrogen and oxygen atoms in total. The molecule has 1 atom stereocenters. The lowest BCUT2D eigenvalue weighted by Gasteiger charge is -2.31. The second kappa shape index (κ2) is 7.33. The third-order valence-electron chi connectivity index (χ3n) is 5.68. The van der Waals surface area contributed by atoms with E-state index < -0.39 is 5.63 Å². The predicted octanol–water partition coefficient (Wildman–Crippen LogP) is 3.70. The molecular weight excluding hydrogens is 382 g/mol. The number of imidazole rings is 1. The van der Waals surface area contributed by atoms with Crippen molar-refractivity contribution in [3.8, 4) is 5.75 Å². The number of carbonyl (C=O) groups is 1. The molecule has 1 aliphatic rings. The molecule has 1 unspecified atom stereocenters. The highest BCUT2D eigenvalue weighted by atomic mass is 16.5. The molecule has 4 aromatic rings. The van der Waals surface area contributed by atoms with Crippen molar-refractivity contribution in [1.82, 2.24) is 14.9 Å². The summed E-state index contributed by atoms with van der Waals surface area (Å²) in [7, 11) is 1.51. The van der Waals surface area contributed by atoms with E-state index in [-0.39, 0.29) is 17.4 Å². The van der Waals surface area contributed by atoms with Crippen molar-refractivity contribution in [2.75, 3.05) is 20.2 Å². The van der Waals surface area contributed by atoms with Crippen molar-refractivity contribution >= 4 is 27.9 Å². The summed E-state index contributed by atoms with van der Waals surface area (Å²) in [5, 5.41) is 0.656. The number of amides is 1. The number of nitrogens with zero attached hydrogens (tertiary/aromatic N) is 2. The first kappa shape index (κ1) is 18.4. The minimum absolute atomic E-state index is 0.0426. The predicted molar refractivity (Wildman–Crippen MR) is 113 cm³/mol. The number of methoxy groups -OCH3 is 1. The first-order valence-electron chi connectivity index (χ1n) is 9.99. The highest BCUT2D eigenvalue weighted by Crippen LogP contribution is 2.28. The second-order valence-electron chi connectivity index (χ2n) is 7.56. The Labute approximate surface area is 172 Å². The van der Waals surface area contributed by atoms with Gasteiger partial charge >= 0.3 is 5.63 Å². The largest absolute Gasteiger partial charge is 0.493 e. The third kappa shape index (κ3) is 3.12. The molecule has 1 aliphatic heterocycles. The molecular formula is C23H21N3O4. The van der Waals surface area contributed by atoms with Gasteiger partial charge in [-0.3, -0.25) is 4.79 Å². The Hall–Kier alpha value is -3.61. The standard InChI is InChI=1S/C23H21N3O4/c1-29-19-10-4-6-14-12-16(23(28)30-20(14)19)22(27)26-11-5-7-15(13-26)21-24-17-8-2-3-9-18(17)25-21/h2-4,6,8-10,12,15H,5,7,11,13H2,1H3,(H,24,25). The van der Waals surface area contributed by atoms with Crippen LogP contribution in [-0.4, -0.2) is 41.0 Å². The quantitative estimate of drug-likeness (QED) is 0.527. The third-order valence-corrected chi connectivity index (χ3v) is 5.68. The topological polar surface area (TPSA) is 88.4 Å². The Morgan fingerprint density at radius 1 is 1.23 bits per heavy atom. The molecule has 1 saturated heterocycles. The lowest BCUT2D eigenvalue weighted by molar-refractivity contribution is 0.0700. The zero-order chi connectivity index (χ0) is 20.7. The molecule has 1 N–H and O–H groups in total. The van der Waals surface area contributed by atoms with Gasteiger partial charge in [0.25, 0.3) is 5.91 Å². The van der Waals surface area contributed by atoms with Crippen molar-refractivity contribution in [3.63, 3.8) is 0 Å². The highest BCUT2D eigenvalue weighted by molar-refractivity contribution is 5.97. The van der Waals surface area contributed by atoms with Gasteiger partial charge in [-0.25, -0.2) is 9.78 Å². The Morgan fingerprint density at radius 3 is 2.93 bits per heavy atom. The lowest BCUT2D eigenvalue weighted by atomic mass is 9.96. The van der Waals surface area contributed by atoms with E-state index in [1.807, 2.05) is 24.3 Å². The van der Waals surface area contributed by atoms with E-state index in [1.165, 1.54) is 7.11 Å². The van der Waals surface area contributed by atoms with E-state index in [0.717, 1.165) is 29.7 Å². The minimum atomic E-state index is -0.650. The zero-order valence-corrected chi connectivity index (χ0v) is 16.6. The summed E-state index contributed by atoms with van der Waals surface area (Å²) in [5.74, 6) is 1.13. The van der Waals surface area contributed by atoms with Gasteiger partial charge in [-0.2, -0.15) is 0 Å². The number of para-hydroxylation sites is 3. The number of aromatic nitrogens is 2. The molecule has 5 rings (SSSR count). The fraction of sp³-hybridized carbons (Fsp3) is 0.261. The second-order valence-corrected chi connectivity index (χ2v) is 7.56. The van der Waals surface area contributed by atoms with Gasteiger partial charge in [0.2, 0.25) is 0 Å². The molecule has 1 fully saturated rings. The summed E-state index contributed by atoms with van der Waals surface area (Å²) >= 11 is 0. The van der Waals surface area contributed by atoms with Crippen molar-refractivity contribution in [2.24, 2.45) is 0 Å². The molecule has 0 saturated carbocycles. The summed E-state index contributed by atoms with van der Waals surface area (Å²) in [6, 6.07) is 14.8. The number of ether oxygens (including phenoxy) is 1. The molecule has 30 heavy (non-hydrogen) atoms. The minimum Gasteiger partial charge on any atom is -0.493 e. The summed E-state index contributed by atoms with van der Waals surface area (Å²) < 4.78 is 10.7. The van der Waals surface area contributed by atoms with Crippen LogP contribution in [-0.2, 0) is 0 Å². The summed E-state index contributed by atoms with van der Waals surface area (Å²) in [6.07, 6.45) is 1.79. The molecule has 152 valence electrons. The maximum Gasteiger partial charge on any atom is 0.349 e. The van der Waals surface area contributed by atoms with Crippen LogP contribution in [0.3, 0.4) is 0 Å². The maximum absolute atomic E-state index is 13.2. The van der Waals surface area contributed by atoms with Crippen LogP contribution in [0.1, 0.15) is 34.9 Å². The number of rotatable bonds is 3. The number of carbonyl (C=O) groups excluding carboxylic acids is 1. The summed E-state index contributed by atoms with van der Waals surface area (Å²) in [4.78, 5) is 35.5. The average Bonchev–Trinajstić information content (AvgIpc) is 3.22. The van der Waals surface area contributed by atoms with Crippen LogP contribution in [0.2, 0.25) is 0 Å². The molecule has 7 heteroatoms. The normalized spacial score (nSPS) is 16.8. The molecule has 2 aromatic carbocycles. The van der Waals surface area contributed by atoms with E-state index >= 15 is 0 Å². The first-order valence-corrected chi connectivity index (χ1v) is 9.99. The van der Waals surface area contributed by atoms with E-state index in [0.29, 0.717) is 29.8 Å². The van der Waals surface area contributed by atoms with Crippen LogP contribution in [0, 0.1) is 0 Å². The maximum atomic E-state index is 13.2. The number of fused-ring (bicyclic) bond motifs is 2. The lowest BCUT2D eigenvalue weighted by Crippen LogP contribution is -2.41. The Kier molecular flexibility index (Phi) is 4.50. The van der Waals surface area contributed by atoms with Crippen LogP contribution < -0.4 is 10.4 Å². The Morgan fingerprint density at radius 2 is 2.10 bits per heavy atom. The van der Waals surface area contributed by atoms with Crippen LogP contribution in [0.25, 0.3) is 22.0 Å². The van der Waals surface area contributed by atoms with Gasteiger partial charge in [0.1, 0.15) is 11.4 Å². The SMILES string of the molecule is COc1cccc2cc(C(=O)N3CCCC(c4nc5ccccc5[nH]4)C3)c(=O)oc12. The summed E-state index contributed by atoms with van der Waals surface area (Å²) in [6.45, 7) is 1.11. The van der Waals surface area contributed by atoms with Gasteiger partial charge in [0.15, 0.2) is 11.3 Å². The van der Waals surface area contributed by atoms with Crippen LogP contribution >= 0.6 is 0 Å². The molecule has 0 spiro atoms. The van der Waals surface area contributed by atoms with Gasteiger partial charge in [-0.1, -0.05) is 24.3 Å². The van der Waals surface area contributed by atoms with E-state index in [4.69, 9.17) is 14.1 Å². The molecule has 3 heterocycles. The van der Waals surface area contributed by atoms with Crippen LogP contribution in [0.4, 0.5) is 0 Å². The van der Waals surface area contributed by atoms with Crippen LogP contribution in [0.15, 0.2) is 57.7 Å².